The number of carbonyl (C=O) groups excluding carboxylic acids is 3. The Morgan fingerprint density at radius 2 is 1.53 bits per heavy atom. The van der Waals surface area contributed by atoms with E-state index in [1.54, 1.807) is 37.8 Å². The molecule has 45 heavy (non-hydrogen) atoms. The fourth-order valence-corrected chi connectivity index (χ4v) is 5.18. The fourth-order valence-electron chi connectivity index (χ4n) is 5.18. The maximum Gasteiger partial charge on any atom is 0.408 e. The van der Waals surface area contributed by atoms with E-state index < -0.39 is 29.7 Å². The molecule has 3 aromatic rings. The van der Waals surface area contributed by atoms with Crippen LogP contribution in [0.4, 0.5) is 10.5 Å². The van der Waals surface area contributed by atoms with Crippen LogP contribution in [0.5, 0.6) is 0 Å². The molecular weight excluding hydrogens is 562 g/mol. The van der Waals surface area contributed by atoms with Gasteiger partial charge in [0, 0.05) is 24.2 Å². The van der Waals surface area contributed by atoms with Gasteiger partial charge in [0.25, 0.3) is 5.91 Å². The molecule has 2 atom stereocenters. The van der Waals surface area contributed by atoms with E-state index in [0.29, 0.717) is 29.8 Å². The van der Waals surface area contributed by atoms with E-state index in [0.717, 1.165) is 36.8 Å². The topological polar surface area (TPSA) is 87.7 Å². The quantitative estimate of drug-likeness (QED) is 0.146. The molecule has 3 rings (SSSR count). The molecule has 0 radical (unpaired) electrons. The highest BCUT2D eigenvalue weighted by atomic mass is 16.6. The largest absolute Gasteiger partial charge is 0.444 e. The lowest BCUT2D eigenvalue weighted by molar-refractivity contribution is -0.140. The summed E-state index contributed by atoms with van der Waals surface area (Å²) in [5, 5.41) is 5.87. The summed E-state index contributed by atoms with van der Waals surface area (Å²) in [6.07, 6.45) is 10.2. The molecule has 2 N–H and O–H groups in total. The first-order valence-electron chi connectivity index (χ1n) is 15.8. The van der Waals surface area contributed by atoms with Crippen molar-refractivity contribution in [1.82, 2.24) is 10.2 Å². The van der Waals surface area contributed by atoms with Crippen LogP contribution in [0, 0.1) is 19.3 Å². The number of anilines is 1. The second kappa shape index (κ2) is 17.1. The van der Waals surface area contributed by atoms with Crippen molar-refractivity contribution < 1.29 is 19.1 Å². The summed E-state index contributed by atoms with van der Waals surface area (Å²) < 4.78 is 5.56. The molecular formula is C38H47N3O4. The number of aryl methyl sites for hydroxylation is 1. The van der Waals surface area contributed by atoms with Crippen LogP contribution < -0.4 is 10.6 Å². The lowest BCUT2D eigenvalue weighted by Gasteiger charge is -2.35. The van der Waals surface area contributed by atoms with Crippen LogP contribution in [0.15, 0.2) is 78.9 Å². The van der Waals surface area contributed by atoms with Gasteiger partial charge in [0.15, 0.2) is 0 Å². The predicted molar refractivity (Wildman–Crippen MR) is 181 cm³/mol. The number of para-hydroxylation sites is 1. The van der Waals surface area contributed by atoms with Crippen LogP contribution in [-0.4, -0.2) is 41.0 Å². The van der Waals surface area contributed by atoms with Crippen LogP contribution in [0.1, 0.15) is 88.1 Å². The van der Waals surface area contributed by atoms with Gasteiger partial charge >= 0.3 is 6.09 Å². The smallest absolute Gasteiger partial charge is 0.408 e. The molecule has 0 bridgehead atoms. The number of hydrogen-bond donors (Lipinski definition) is 2. The normalized spacial score (nSPS) is 12.4. The Hall–Kier alpha value is -4.57. The number of hydrogen-bond acceptors (Lipinski definition) is 4. The minimum absolute atomic E-state index is 0.216. The molecule has 0 saturated heterocycles. The molecule has 0 heterocycles. The van der Waals surface area contributed by atoms with E-state index in [4.69, 9.17) is 11.2 Å². The number of benzene rings is 3. The molecule has 0 aliphatic carbocycles. The maximum absolute atomic E-state index is 14.7. The van der Waals surface area contributed by atoms with E-state index in [9.17, 15) is 14.4 Å². The van der Waals surface area contributed by atoms with Gasteiger partial charge < -0.3 is 20.3 Å². The lowest BCUT2D eigenvalue weighted by atomic mass is 9.96. The first-order valence-corrected chi connectivity index (χ1v) is 15.8. The molecule has 3 aromatic carbocycles. The maximum atomic E-state index is 14.7. The number of carbonyl (C=O) groups is 3. The van der Waals surface area contributed by atoms with Gasteiger partial charge in [-0.15, -0.1) is 6.42 Å². The van der Waals surface area contributed by atoms with Gasteiger partial charge in [-0.2, -0.15) is 0 Å². The zero-order valence-electron chi connectivity index (χ0n) is 27.3. The van der Waals surface area contributed by atoms with Gasteiger partial charge in [-0.1, -0.05) is 105 Å². The third-order valence-corrected chi connectivity index (χ3v) is 7.43. The molecule has 2 unspecified atom stereocenters. The van der Waals surface area contributed by atoms with Gasteiger partial charge in [0.2, 0.25) is 5.91 Å². The first kappa shape index (κ1) is 34.9. The molecule has 7 heteroatoms. The molecule has 0 aromatic heterocycles. The molecule has 0 aliphatic heterocycles. The van der Waals surface area contributed by atoms with Crippen molar-refractivity contribution in [3.63, 3.8) is 0 Å². The Kier molecular flexibility index (Phi) is 13.2. The van der Waals surface area contributed by atoms with Crippen molar-refractivity contribution >= 4 is 23.6 Å². The first-order chi connectivity index (χ1) is 21.5. The Labute approximate surface area is 268 Å². The van der Waals surface area contributed by atoms with E-state index >= 15 is 0 Å². The number of terminal acetylenes is 1. The van der Waals surface area contributed by atoms with Crippen LogP contribution in [0.2, 0.25) is 0 Å². The summed E-state index contributed by atoms with van der Waals surface area (Å²) in [6.45, 7) is 9.67. The number of nitrogens with one attached hydrogen (secondary N) is 2. The van der Waals surface area contributed by atoms with Crippen LogP contribution in [-0.2, 0) is 20.7 Å². The number of alkyl carbamates (subject to hydrolysis) is 1. The monoisotopic (exact) mass is 609 g/mol. The number of unbranched alkanes of at least 4 members (excludes halogenated alkanes) is 4. The van der Waals surface area contributed by atoms with E-state index in [2.05, 4.69) is 23.5 Å². The Balaban J connectivity index is 2.11. The molecule has 0 aliphatic rings. The van der Waals surface area contributed by atoms with Crippen molar-refractivity contribution in [2.75, 3.05) is 11.9 Å². The number of amides is 3. The Morgan fingerprint density at radius 1 is 0.889 bits per heavy atom. The Morgan fingerprint density at radius 3 is 2.20 bits per heavy atom. The van der Waals surface area contributed by atoms with Crippen molar-refractivity contribution in [3.05, 3.63) is 101 Å². The molecule has 0 fully saturated rings. The van der Waals surface area contributed by atoms with Gasteiger partial charge in [0.1, 0.15) is 17.7 Å². The molecule has 0 spiro atoms. The third kappa shape index (κ3) is 10.8. The summed E-state index contributed by atoms with van der Waals surface area (Å²) in [5.74, 6) is 1.93. The summed E-state index contributed by atoms with van der Waals surface area (Å²) in [5.41, 5.74) is 2.70. The summed E-state index contributed by atoms with van der Waals surface area (Å²) in [4.78, 5) is 43.7. The van der Waals surface area contributed by atoms with Crippen molar-refractivity contribution in [2.24, 2.45) is 0 Å². The standard InChI is InChI=1S/C38H47N3O4/c1-7-9-10-11-19-26-41(36(43)33(27-29-21-13-12-14-22-29)40-37(44)45-38(4,5)6)34(31-24-17-16-23-30(31)8-2)35(42)39-32-25-18-15-20-28(32)3/h2,12-18,20-25,33-34H,7,9-11,19,26-27H2,1,3-6H3,(H,39,42)(H,40,44). The van der Waals surface area contributed by atoms with E-state index in [-0.39, 0.29) is 12.3 Å². The van der Waals surface area contributed by atoms with Crippen LogP contribution >= 0.6 is 0 Å². The van der Waals surface area contributed by atoms with E-state index in [1.807, 2.05) is 73.7 Å². The molecule has 7 nitrogen and oxygen atoms in total. The van der Waals surface area contributed by atoms with Crippen molar-refractivity contribution in [2.45, 2.75) is 90.8 Å². The van der Waals surface area contributed by atoms with E-state index in [1.165, 1.54) is 0 Å². The number of rotatable bonds is 14. The van der Waals surface area contributed by atoms with Gasteiger partial charge in [-0.05, 0) is 62.9 Å². The minimum Gasteiger partial charge on any atom is -0.444 e. The van der Waals surface area contributed by atoms with Gasteiger partial charge in [-0.3, -0.25) is 9.59 Å². The van der Waals surface area contributed by atoms with Crippen molar-refractivity contribution in [3.8, 4) is 12.3 Å². The predicted octanol–water partition coefficient (Wildman–Crippen LogP) is 7.59. The highest BCUT2D eigenvalue weighted by molar-refractivity contribution is 5.99. The van der Waals surface area contributed by atoms with Gasteiger partial charge in [-0.25, -0.2) is 4.79 Å². The average Bonchev–Trinajstić information content (AvgIpc) is 3.00. The average molecular weight is 610 g/mol. The zero-order valence-corrected chi connectivity index (χ0v) is 27.3. The summed E-state index contributed by atoms with van der Waals surface area (Å²) in [6, 6.07) is 22.1. The molecule has 238 valence electrons. The number of nitrogens with zero attached hydrogens (tertiary/aromatic N) is 1. The molecule has 0 saturated carbocycles. The van der Waals surface area contributed by atoms with Crippen LogP contribution in [0.25, 0.3) is 0 Å². The lowest BCUT2D eigenvalue weighted by Crippen LogP contribution is -2.53. The molecule has 3 amide bonds. The van der Waals surface area contributed by atoms with Crippen molar-refractivity contribution in [1.29, 1.82) is 0 Å². The summed E-state index contributed by atoms with van der Waals surface area (Å²) >= 11 is 0. The minimum atomic E-state index is -1.05. The highest BCUT2D eigenvalue weighted by Crippen LogP contribution is 2.29. The Bertz CT molecular complexity index is 1460. The summed E-state index contributed by atoms with van der Waals surface area (Å²) in [7, 11) is 0. The highest BCUT2D eigenvalue weighted by Gasteiger charge is 2.37. The number of ether oxygens (including phenoxy) is 1. The SMILES string of the molecule is C#Cc1ccccc1C(C(=O)Nc1ccccc1C)N(CCCCCCC)C(=O)C(Cc1ccccc1)NC(=O)OC(C)(C)C. The second-order valence-electron chi connectivity index (χ2n) is 12.3. The third-order valence-electron chi connectivity index (χ3n) is 7.43. The fraction of sp³-hybridized carbons (Fsp3) is 0.395. The second-order valence-corrected chi connectivity index (χ2v) is 12.3. The van der Waals surface area contributed by atoms with Gasteiger partial charge in [0.05, 0.1) is 0 Å². The van der Waals surface area contributed by atoms with Crippen LogP contribution in [0.3, 0.4) is 0 Å². The zero-order chi connectivity index (χ0) is 32.8.